The zero-order chi connectivity index (χ0) is 13.0. The SMILES string of the molecule is CCN(C[C@@H]1CCOC1)C(=O)CN1CCSC1=O. The Hall–Kier alpha value is -0.750. The lowest BCUT2D eigenvalue weighted by Crippen LogP contribution is -2.42. The van der Waals surface area contributed by atoms with Gasteiger partial charge in [-0.2, -0.15) is 0 Å². The maximum absolute atomic E-state index is 12.1. The number of nitrogens with zero attached hydrogens (tertiary/aromatic N) is 2. The van der Waals surface area contributed by atoms with Crippen molar-refractivity contribution in [2.45, 2.75) is 13.3 Å². The topological polar surface area (TPSA) is 49.9 Å². The van der Waals surface area contributed by atoms with E-state index in [0.717, 1.165) is 31.9 Å². The summed E-state index contributed by atoms with van der Waals surface area (Å²) in [5.74, 6) is 1.31. The number of amides is 2. The maximum atomic E-state index is 12.1. The lowest BCUT2D eigenvalue weighted by Gasteiger charge is -2.26. The summed E-state index contributed by atoms with van der Waals surface area (Å²) in [6.45, 7) is 5.91. The molecule has 0 bridgehead atoms. The first-order valence-corrected chi connectivity index (χ1v) is 7.46. The lowest BCUT2D eigenvalue weighted by atomic mass is 10.1. The lowest BCUT2D eigenvalue weighted by molar-refractivity contribution is -0.132. The highest BCUT2D eigenvalue weighted by molar-refractivity contribution is 8.13. The molecule has 18 heavy (non-hydrogen) atoms. The molecule has 2 rings (SSSR count). The predicted octanol–water partition coefficient (Wildman–Crippen LogP) is 1.04. The van der Waals surface area contributed by atoms with Gasteiger partial charge in [0.1, 0.15) is 6.54 Å². The fourth-order valence-electron chi connectivity index (χ4n) is 2.28. The summed E-state index contributed by atoms with van der Waals surface area (Å²) in [4.78, 5) is 27.1. The van der Waals surface area contributed by atoms with Gasteiger partial charge in [0.05, 0.1) is 6.61 Å². The molecule has 2 saturated heterocycles. The van der Waals surface area contributed by atoms with Crippen LogP contribution in [0.1, 0.15) is 13.3 Å². The maximum Gasteiger partial charge on any atom is 0.282 e. The molecule has 2 amide bonds. The molecule has 6 heteroatoms. The second kappa shape index (κ2) is 6.43. The molecular formula is C12H20N2O3S. The first-order chi connectivity index (χ1) is 8.70. The fourth-order valence-corrected chi connectivity index (χ4v) is 3.10. The van der Waals surface area contributed by atoms with Gasteiger partial charge in [-0.1, -0.05) is 11.8 Å². The van der Waals surface area contributed by atoms with Gasteiger partial charge < -0.3 is 14.5 Å². The Bertz CT molecular complexity index is 318. The van der Waals surface area contributed by atoms with Gasteiger partial charge in [-0.05, 0) is 13.3 Å². The van der Waals surface area contributed by atoms with Crippen LogP contribution < -0.4 is 0 Å². The van der Waals surface area contributed by atoms with Gasteiger partial charge in [-0.3, -0.25) is 9.59 Å². The highest BCUT2D eigenvalue weighted by Crippen LogP contribution is 2.18. The van der Waals surface area contributed by atoms with Crippen molar-refractivity contribution < 1.29 is 14.3 Å². The fraction of sp³-hybridized carbons (Fsp3) is 0.833. The number of likely N-dealkylation sites (N-methyl/N-ethyl adjacent to an activating group) is 1. The molecule has 0 saturated carbocycles. The molecule has 2 aliphatic rings. The third kappa shape index (κ3) is 3.38. The molecule has 2 aliphatic heterocycles. The van der Waals surface area contributed by atoms with Crippen LogP contribution in [0, 0.1) is 5.92 Å². The molecular weight excluding hydrogens is 252 g/mol. The van der Waals surface area contributed by atoms with Crippen LogP contribution in [0.5, 0.6) is 0 Å². The molecule has 5 nitrogen and oxygen atoms in total. The van der Waals surface area contributed by atoms with Gasteiger partial charge in [0.25, 0.3) is 5.24 Å². The Morgan fingerprint density at radius 3 is 3.00 bits per heavy atom. The number of carbonyl (C=O) groups is 2. The minimum Gasteiger partial charge on any atom is -0.381 e. The number of hydrogen-bond acceptors (Lipinski definition) is 4. The van der Waals surface area contributed by atoms with Crippen molar-refractivity contribution in [1.29, 1.82) is 0 Å². The monoisotopic (exact) mass is 272 g/mol. The number of ether oxygens (including phenoxy) is 1. The molecule has 0 aliphatic carbocycles. The molecule has 0 aromatic heterocycles. The van der Waals surface area contributed by atoms with E-state index in [9.17, 15) is 9.59 Å². The van der Waals surface area contributed by atoms with Crippen LogP contribution >= 0.6 is 11.8 Å². The summed E-state index contributed by atoms with van der Waals surface area (Å²) in [5.41, 5.74) is 0. The highest BCUT2D eigenvalue weighted by atomic mass is 32.2. The van der Waals surface area contributed by atoms with E-state index >= 15 is 0 Å². The van der Waals surface area contributed by atoms with E-state index in [2.05, 4.69) is 0 Å². The molecule has 102 valence electrons. The first kappa shape index (κ1) is 13.7. The van der Waals surface area contributed by atoms with Crippen LogP contribution in [-0.4, -0.2) is 66.1 Å². The predicted molar refractivity (Wildman–Crippen MR) is 70.6 cm³/mol. The quantitative estimate of drug-likeness (QED) is 0.750. The third-order valence-electron chi connectivity index (χ3n) is 3.41. The summed E-state index contributed by atoms with van der Waals surface area (Å²) < 4.78 is 5.33. The van der Waals surface area contributed by atoms with Gasteiger partial charge in [0.15, 0.2) is 0 Å². The summed E-state index contributed by atoms with van der Waals surface area (Å²) >= 11 is 1.30. The Morgan fingerprint density at radius 2 is 2.44 bits per heavy atom. The van der Waals surface area contributed by atoms with E-state index in [4.69, 9.17) is 4.74 Å². The highest BCUT2D eigenvalue weighted by Gasteiger charge is 2.27. The van der Waals surface area contributed by atoms with Crippen molar-refractivity contribution >= 4 is 22.9 Å². The van der Waals surface area contributed by atoms with Crippen molar-refractivity contribution in [2.24, 2.45) is 5.92 Å². The average molecular weight is 272 g/mol. The Morgan fingerprint density at radius 1 is 1.61 bits per heavy atom. The first-order valence-electron chi connectivity index (χ1n) is 6.48. The van der Waals surface area contributed by atoms with Crippen LogP contribution in [0.2, 0.25) is 0 Å². The van der Waals surface area contributed by atoms with Crippen molar-refractivity contribution in [3.05, 3.63) is 0 Å². The number of thioether (sulfide) groups is 1. The molecule has 0 N–H and O–H groups in total. The minimum absolute atomic E-state index is 0.0311. The van der Waals surface area contributed by atoms with Gasteiger partial charge >= 0.3 is 0 Å². The largest absolute Gasteiger partial charge is 0.381 e. The van der Waals surface area contributed by atoms with Crippen molar-refractivity contribution in [3.63, 3.8) is 0 Å². The van der Waals surface area contributed by atoms with Crippen molar-refractivity contribution in [1.82, 2.24) is 9.80 Å². The van der Waals surface area contributed by atoms with E-state index in [1.54, 1.807) is 4.90 Å². The van der Waals surface area contributed by atoms with Crippen LogP contribution in [-0.2, 0) is 9.53 Å². The second-order valence-corrected chi connectivity index (χ2v) is 5.74. The van der Waals surface area contributed by atoms with Crippen LogP contribution in [0.4, 0.5) is 4.79 Å². The zero-order valence-electron chi connectivity index (χ0n) is 10.8. The third-order valence-corrected chi connectivity index (χ3v) is 4.30. The summed E-state index contributed by atoms with van der Waals surface area (Å²) in [6.07, 6.45) is 1.03. The standard InChI is InChI=1S/C12H20N2O3S/c1-2-13(7-10-3-5-17-9-10)11(15)8-14-4-6-18-12(14)16/h10H,2-9H2,1H3/t10-/m0/s1. The normalized spacial score (nSPS) is 23.7. The summed E-state index contributed by atoms with van der Waals surface area (Å²) in [7, 11) is 0. The van der Waals surface area contributed by atoms with Crippen molar-refractivity contribution in [3.8, 4) is 0 Å². The summed E-state index contributed by atoms with van der Waals surface area (Å²) in [6, 6.07) is 0. The molecule has 0 aromatic rings. The van der Waals surface area contributed by atoms with E-state index in [0.29, 0.717) is 19.0 Å². The van der Waals surface area contributed by atoms with Crippen LogP contribution in [0.25, 0.3) is 0 Å². The van der Waals surface area contributed by atoms with Gasteiger partial charge in [-0.15, -0.1) is 0 Å². The number of carbonyl (C=O) groups excluding carboxylic acids is 2. The second-order valence-electron chi connectivity index (χ2n) is 4.70. The Labute approximate surface area is 112 Å². The average Bonchev–Trinajstić information content (AvgIpc) is 2.99. The van der Waals surface area contributed by atoms with Crippen LogP contribution in [0.15, 0.2) is 0 Å². The smallest absolute Gasteiger partial charge is 0.282 e. The van der Waals surface area contributed by atoms with Gasteiger partial charge in [-0.25, -0.2) is 0 Å². The van der Waals surface area contributed by atoms with E-state index in [1.807, 2.05) is 11.8 Å². The molecule has 0 spiro atoms. The van der Waals surface area contributed by atoms with E-state index in [-0.39, 0.29) is 17.7 Å². The molecule has 0 aromatic carbocycles. The molecule has 2 fully saturated rings. The summed E-state index contributed by atoms with van der Waals surface area (Å²) in [5, 5.41) is 0.0311. The van der Waals surface area contributed by atoms with E-state index in [1.165, 1.54) is 11.8 Å². The van der Waals surface area contributed by atoms with Crippen molar-refractivity contribution in [2.75, 3.05) is 45.1 Å². The Kier molecular flexibility index (Phi) is 4.88. The number of hydrogen-bond donors (Lipinski definition) is 0. The molecule has 0 unspecified atom stereocenters. The van der Waals surface area contributed by atoms with Gasteiger partial charge in [0, 0.05) is 37.9 Å². The Balaban J connectivity index is 1.82. The van der Waals surface area contributed by atoms with E-state index < -0.39 is 0 Å². The molecule has 2 heterocycles. The molecule has 0 radical (unpaired) electrons. The molecule has 1 atom stereocenters. The van der Waals surface area contributed by atoms with Gasteiger partial charge in [0.2, 0.25) is 5.91 Å². The van der Waals surface area contributed by atoms with Crippen LogP contribution in [0.3, 0.4) is 0 Å². The minimum atomic E-state index is 0.0311. The number of rotatable bonds is 5. The zero-order valence-corrected chi connectivity index (χ0v) is 11.6.